The van der Waals surface area contributed by atoms with Gasteiger partial charge in [-0.2, -0.15) is 4.98 Å². The lowest BCUT2D eigenvalue weighted by Gasteiger charge is -2.21. The van der Waals surface area contributed by atoms with Crippen LogP contribution in [0.15, 0.2) is 87.4 Å². The van der Waals surface area contributed by atoms with Crippen LogP contribution < -0.4 is 5.56 Å². The molecule has 1 saturated heterocycles. The number of likely N-dealkylation sites (tertiary alicyclic amines) is 1. The highest BCUT2D eigenvalue weighted by Gasteiger charge is 2.38. The Labute approximate surface area is 194 Å². The molecule has 2 aromatic carbocycles. The SMILES string of the molecule is CO/N=C1\C[C@@H](c2noc(-c3ccc(=O)[nH]c3)n2)N(C(=O)c2ccc(-c3ccccc3)cc2)C1. The number of nitrogens with one attached hydrogen (secondary N) is 1. The van der Waals surface area contributed by atoms with Crippen LogP contribution >= 0.6 is 0 Å². The van der Waals surface area contributed by atoms with Crippen LogP contribution in [-0.4, -0.2) is 45.3 Å². The van der Waals surface area contributed by atoms with Crippen molar-refractivity contribution >= 4 is 11.6 Å². The van der Waals surface area contributed by atoms with E-state index >= 15 is 0 Å². The molecule has 1 aliphatic heterocycles. The third-order valence-electron chi connectivity index (χ3n) is 5.65. The van der Waals surface area contributed by atoms with Gasteiger partial charge in [0.15, 0.2) is 5.82 Å². The molecule has 9 heteroatoms. The lowest BCUT2D eigenvalue weighted by Crippen LogP contribution is -2.31. The number of carbonyl (C=O) groups excluding carboxylic acids is 1. The first-order chi connectivity index (χ1) is 16.6. The van der Waals surface area contributed by atoms with Gasteiger partial charge in [0, 0.05) is 24.2 Å². The molecule has 1 atom stereocenters. The van der Waals surface area contributed by atoms with Gasteiger partial charge in [-0.25, -0.2) is 0 Å². The Balaban J connectivity index is 1.42. The highest BCUT2D eigenvalue weighted by molar-refractivity contribution is 6.00. The lowest BCUT2D eigenvalue weighted by molar-refractivity contribution is 0.0732. The second-order valence-corrected chi connectivity index (χ2v) is 7.84. The van der Waals surface area contributed by atoms with E-state index in [1.54, 1.807) is 11.0 Å². The minimum absolute atomic E-state index is 0.165. The van der Waals surface area contributed by atoms with Gasteiger partial charge in [0.1, 0.15) is 13.2 Å². The molecule has 3 heterocycles. The minimum atomic E-state index is -0.463. The largest absolute Gasteiger partial charge is 0.399 e. The summed E-state index contributed by atoms with van der Waals surface area (Å²) in [6.07, 6.45) is 1.93. The van der Waals surface area contributed by atoms with Gasteiger partial charge in [-0.05, 0) is 29.3 Å². The molecule has 1 fully saturated rings. The Morgan fingerprint density at radius 1 is 1.06 bits per heavy atom. The van der Waals surface area contributed by atoms with E-state index in [2.05, 4.69) is 20.3 Å². The smallest absolute Gasteiger partial charge is 0.259 e. The summed E-state index contributed by atoms with van der Waals surface area (Å²) in [5.41, 5.74) is 3.72. The molecule has 1 aliphatic rings. The third kappa shape index (κ3) is 4.23. The molecule has 1 N–H and O–H groups in total. The second kappa shape index (κ2) is 9.14. The van der Waals surface area contributed by atoms with Crippen LogP contribution in [0.5, 0.6) is 0 Å². The maximum absolute atomic E-state index is 13.4. The summed E-state index contributed by atoms with van der Waals surface area (Å²) in [4.78, 5) is 38.4. The van der Waals surface area contributed by atoms with Gasteiger partial charge in [-0.1, -0.05) is 52.8 Å². The zero-order chi connectivity index (χ0) is 23.5. The highest BCUT2D eigenvalue weighted by atomic mass is 16.6. The number of aromatic amines is 1. The first-order valence-corrected chi connectivity index (χ1v) is 10.7. The maximum Gasteiger partial charge on any atom is 0.259 e. The van der Waals surface area contributed by atoms with Crippen molar-refractivity contribution in [3.63, 3.8) is 0 Å². The fourth-order valence-electron chi connectivity index (χ4n) is 3.98. The van der Waals surface area contributed by atoms with Gasteiger partial charge < -0.3 is 19.2 Å². The number of aromatic nitrogens is 3. The van der Waals surface area contributed by atoms with E-state index in [1.807, 2.05) is 54.6 Å². The van der Waals surface area contributed by atoms with Crippen LogP contribution in [0.3, 0.4) is 0 Å². The third-order valence-corrected chi connectivity index (χ3v) is 5.65. The Morgan fingerprint density at radius 3 is 2.50 bits per heavy atom. The number of hydrogen-bond donors (Lipinski definition) is 1. The average Bonchev–Trinajstić information content (AvgIpc) is 3.53. The van der Waals surface area contributed by atoms with Gasteiger partial charge >= 0.3 is 0 Å². The monoisotopic (exact) mass is 455 g/mol. The summed E-state index contributed by atoms with van der Waals surface area (Å²) in [5, 5.41) is 8.15. The second-order valence-electron chi connectivity index (χ2n) is 7.84. The van der Waals surface area contributed by atoms with Crippen LogP contribution in [0.25, 0.3) is 22.6 Å². The number of benzene rings is 2. The Bertz CT molecular complexity index is 1370. The van der Waals surface area contributed by atoms with Crippen LogP contribution in [-0.2, 0) is 4.84 Å². The molecule has 170 valence electrons. The number of rotatable bonds is 5. The maximum atomic E-state index is 13.4. The summed E-state index contributed by atoms with van der Waals surface area (Å²) >= 11 is 0. The molecule has 0 bridgehead atoms. The van der Waals surface area contributed by atoms with E-state index in [-0.39, 0.29) is 17.4 Å². The average molecular weight is 455 g/mol. The van der Waals surface area contributed by atoms with Gasteiger partial charge in [-0.3, -0.25) is 9.59 Å². The Morgan fingerprint density at radius 2 is 1.79 bits per heavy atom. The van der Waals surface area contributed by atoms with Crippen molar-refractivity contribution in [3.05, 3.63) is 94.7 Å². The molecule has 0 unspecified atom stereocenters. The lowest BCUT2D eigenvalue weighted by atomic mass is 10.0. The normalized spacial score (nSPS) is 16.7. The number of oxime groups is 1. The summed E-state index contributed by atoms with van der Waals surface area (Å²) < 4.78 is 5.40. The molecule has 0 aliphatic carbocycles. The van der Waals surface area contributed by atoms with Crippen molar-refractivity contribution < 1.29 is 14.2 Å². The molecule has 5 rings (SSSR count). The number of H-pyrrole nitrogens is 1. The van der Waals surface area contributed by atoms with E-state index in [9.17, 15) is 9.59 Å². The molecule has 2 aromatic heterocycles. The molecule has 34 heavy (non-hydrogen) atoms. The van der Waals surface area contributed by atoms with E-state index in [4.69, 9.17) is 9.36 Å². The van der Waals surface area contributed by atoms with Crippen LogP contribution in [0.4, 0.5) is 0 Å². The number of carbonyl (C=O) groups is 1. The first-order valence-electron chi connectivity index (χ1n) is 10.7. The predicted molar refractivity (Wildman–Crippen MR) is 125 cm³/mol. The first kappa shape index (κ1) is 21.3. The van der Waals surface area contributed by atoms with Crippen molar-refractivity contribution in [3.8, 4) is 22.6 Å². The van der Waals surface area contributed by atoms with Crippen molar-refractivity contribution in [2.75, 3.05) is 13.7 Å². The fourth-order valence-corrected chi connectivity index (χ4v) is 3.98. The van der Waals surface area contributed by atoms with Crippen molar-refractivity contribution in [1.29, 1.82) is 0 Å². The van der Waals surface area contributed by atoms with Gasteiger partial charge in [0.25, 0.3) is 11.8 Å². The molecule has 0 saturated carbocycles. The fraction of sp³-hybridized carbons (Fsp3) is 0.160. The van der Waals surface area contributed by atoms with Crippen molar-refractivity contribution in [2.45, 2.75) is 12.5 Å². The Hall–Kier alpha value is -4.53. The molecule has 4 aromatic rings. The molecular weight excluding hydrogens is 434 g/mol. The van der Waals surface area contributed by atoms with E-state index in [0.717, 1.165) is 11.1 Å². The standard InChI is InChI=1S/C25H21N5O4/c1-33-28-20-13-21(23-27-24(34-29-23)19-11-12-22(31)26-14-19)30(15-20)25(32)18-9-7-17(8-10-18)16-5-3-2-4-6-16/h2-12,14,21H,13,15H2,1H3,(H,26,31)/b28-20+/t21-/m0/s1. The van der Waals surface area contributed by atoms with Gasteiger partial charge in [-0.15, -0.1) is 0 Å². The molecule has 9 nitrogen and oxygen atoms in total. The number of amides is 1. The Kier molecular flexibility index (Phi) is 5.73. The summed E-state index contributed by atoms with van der Waals surface area (Å²) in [6.45, 7) is 0.292. The highest BCUT2D eigenvalue weighted by Crippen LogP contribution is 2.32. The van der Waals surface area contributed by atoms with E-state index in [0.29, 0.717) is 35.6 Å². The quantitative estimate of drug-likeness (QED) is 0.459. The van der Waals surface area contributed by atoms with Crippen LogP contribution in [0, 0.1) is 0 Å². The minimum Gasteiger partial charge on any atom is -0.399 e. The zero-order valence-corrected chi connectivity index (χ0v) is 18.3. The number of hydrogen-bond acceptors (Lipinski definition) is 7. The molecule has 0 radical (unpaired) electrons. The van der Waals surface area contributed by atoms with Crippen molar-refractivity contribution in [1.82, 2.24) is 20.0 Å². The molecule has 1 amide bonds. The van der Waals surface area contributed by atoms with Crippen LogP contribution in [0.1, 0.15) is 28.6 Å². The molecule has 0 spiro atoms. The summed E-state index contributed by atoms with van der Waals surface area (Å²) in [6, 6.07) is 20.0. The van der Waals surface area contributed by atoms with E-state index < -0.39 is 6.04 Å². The van der Waals surface area contributed by atoms with Gasteiger partial charge in [0.05, 0.1) is 17.8 Å². The number of nitrogens with zero attached hydrogens (tertiary/aromatic N) is 4. The van der Waals surface area contributed by atoms with Crippen molar-refractivity contribution in [2.24, 2.45) is 5.16 Å². The summed E-state index contributed by atoms with van der Waals surface area (Å²) in [7, 11) is 1.47. The predicted octanol–water partition coefficient (Wildman–Crippen LogP) is 3.68. The van der Waals surface area contributed by atoms with E-state index in [1.165, 1.54) is 19.4 Å². The number of pyridine rings is 1. The van der Waals surface area contributed by atoms with Crippen LogP contribution in [0.2, 0.25) is 0 Å². The van der Waals surface area contributed by atoms with Gasteiger partial charge in [0.2, 0.25) is 5.56 Å². The summed E-state index contributed by atoms with van der Waals surface area (Å²) in [5.74, 6) is 0.445. The topological polar surface area (TPSA) is 114 Å². The zero-order valence-electron chi connectivity index (χ0n) is 18.3. The molecular formula is C25H21N5O4.